The second-order valence-corrected chi connectivity index (χ2v) is 7.43. The molecule has 1 aliphatic rings. The summed E-state index contributed by atoms with van der Waals surface area (Å²) in [7, 11) is 0. The molecule has 0 fully saturated rings. The van der Waals surface area contributed by atoms with Gasteiger partial charge < -0.3 is 10.6 Å². The summed E-state index contributed by atoms with van der Waals surface area (Å²) in [4.78, 5) is 8.85. The summed E-state index contributed by atoms with van der Waals surface area (Å²) in [5, 5.41) is 11.1. The maximum Gasteiger partial charge on any atom is 0.191 e. The van der Waals surface area contributed by atoms with E-state index in [-0.39, 0.29) is 24.0 Å². The van der Waals surface area contributed by atoms with Crippen LogP contribution in [-0.2, 0) is 13.1 Å². The average Bonchev–Trinajstić information content (AvgIpc) is 3.47. The Bertz CT molecular complexity index is 987. The minimum atomic E-state index is 0. The van der Waals surface area contributed by atoms with Crippen molar-refractivity contribution in [1.82, 2.24) is 25.4 Å². The fourth-order valence-corrected chi connectivity index (χ4v) is 3.64. The molecule has 6 nitrogen and oxygen atoms in total. The van der Waals surface area contributed by atoms with E-state index in [0.29, 0.717) is 12.6 Å². The monoisotopic (exact) mass is 528 g/mol. The lowest BCUT2D eigenvalue weighted by Crippen LogP contribution is -2.42. The van der Waals surface area contributed by atoms with Crippen LogP contribution in [0.5, 0.6) is 0 Å². The standard InChI is InChI=1S/C24H28N6.HI/c1-2-26-24(29-22-8-4-5-9-22)27-15-21-7-3-6-10-23(21)20-13-11-19(12-14-20)16-30-18-25-17-28-30;/h3-7,10-14,17-18,22H,2,8-9,15-16H2,1H3,(H2,26,27,29);1H. The topological polar surface area (TPSA) is 67.1 Å². The fourth-order valence-electron chi connectivity index (χ4n) is 3.64. The van der Waals surface area contributed by atoms with Crippen LogP contribution in [0.2, 0.25) is 0 Å². The fraction of sp³-hybridized carbons (Fsp3) is 0.292. The molecule has 3 aromatic rings. The van der Waals surface area contributed by atoms with Gasteiger partial charge in [0.05, 0.1) is 13.1 Å². The molecular weight excluding hydrogens is 499 g/mol. The van der Waals surface area contributed by atoms with Gasteiger partial charge in [0, 0.05) is 12.6 Å². The number of nitrogens with one attached hydrogen (secondary N) is 2. The van der Waals surface area contributed by atoms with Crippen molar-refractivity contribution in [1.29, 1.82) is 0 Å². The second kappa shape index (κ2) is 11.6. The van der Waals surface area contributed by atoms with Crippen LogP contribution in [0.4, 0.5) is 0 Å². The molecule has 1 aliphatic carbocycles. The van der Waals surface area contributed by atoms with Crippen LogP contribution in [0.25, 0.3) is 11.1 Å². The van der Waals surface area contributed by atoms with Crippen molar-refractivity contribution in [3.8, 4) is 11.1 Å². The van der Waals surface area contributed by atoms with Gasteiger partial charge in [0.15, 0.2) is 5.96 Å². The Balaban J connectivity index is 0.00000272. The third kappa shape index (κ3) is 6.40. The van der Waals surface area contributed by atoms with E-state index in [9.17, 15) is 0 Å². The molecule has 0 aliphatic heterocycles. The molecule has 4 rings (SSSR count). The molecule has 0 atom stereocenters. The summed E-state index contributed by atoms with van der Waals surface area (Å²) in [6.45, 7) is 4.30. The zero-order chi connectivity index (χ0) is 20.6. The largest absolute Gasteiger partial charge is 0.357 e. The van der Waals surface area contributed by atoms with Gasteiger partial charge in [0.2, 0.25) is 0 Å². The Hall–Kier alpha value is -2.68. The van der Waals surface area contributed by atoms with Gasteiger partial charge in [0.1, 0.15) is 12.7 Å². The summed E-state index contributed by atoms with van der Waals surface area (Å²) >= 11 is 0. The number of aliphatic imine (C=N–C) groups is 1. The van der Waals surface area contributed by atoms with E-state index in [2.05, 4.69) is 88.3 Å². The Morgan fingerprint density at radius 2 is 1.87 bits per heavy atom. The highest BCUT2D eigenvalue weighted by molar-refractivity contribution is 14.0. The molecule has 2 N–H and O–H groups in total. The number of guanidine groups is 1. The third-order valence-electron chi connectivity index (χ3n) is 5.19. The molecule has 0 radical (unpaired) electrons. The van der Waals surface area contributed by atoms with Crippen molar-refractivity contribution in [3.05, 3.63) is 84.5 Å². The van der Waals surface area contributed by atoms with Gasteiger partial charge in [-0.15, -0.1) is 24.0 Å². The summed E-state index contributed by atoms with van der Waals surface area (Å²) in [5.41, 5.74) is 4.82. The summed E-state index contributed by atoms with van der Waals surface area (Å²) in [5.74, 6) is 0.879. The molecule has 7 heteroatoms. The molecule has 0 spiro atoms. The third-order valence-corrected chi connectivity index (χ3v) is 5.19. The normalized spacial score (nSPS) is 13.8. The van der Waals surface area contributed by atoms with Crippen LogP contribution in [-0.4, -0.2) is 33.3 Å². The van der Waals surface area contributed by atoms with Crippen LogP contribution in [0, 0.1) is 0 Å². The van der Waals surface area contributed by atoms with Crippen LogP contribution in [0.3, 0.4) is 0 Å². The number of rotatable bonds is 7. The first-order chi connectivity index (χ1) is 14.8. The summed E-state index contributed by atoms with van der Waals surface area (Å²) in [6, 6.07) is 17.6. The van der Waals surface area contributed by atoms with Crippen LogP contribution in [0.15, 0.2) is 78.3 Å². The lowest BCUT2D eigenvalue weighted by atomic mass is 9.98. The number of aromatic nitrogens is 3. The molecule has 162 valence electrons. The molecule has 2 aromatic carbocycles. The molecule has 0 unspecified atom stereocenters. The lowest BCUT2D eigenvalue weighted by Gasteiger charge is -2.17. The number of halogens is 1. The minimum Gasteiger partial charge on any atom is -0.357 e. The predicted molar refractivity (Wildman–Crippen MR) is 137 cm³/mol. The Morgan fingerprint density at radius 1 is 1.10 bits per heavy atom. The zero-order valence-electron chi connectivity index (χ0n) is 17.7. The smallest absolute Gasteiger partial charge is 0.191 e. The van der Waals surface area contributed by atoms with Gasteiger partial charge in [-0.25, -0.2) is 14.7 Å². The predicted octanol–water partition coefficient (Wildman–Crippen LogP) is 4.39. The zero-order valence-corrected chi connectivity index (χ0v) is 20.1. The first kappa shape index (κ1) is 23.0. The van der Waals surface area contributed by atoms with Gasteiger partial charge in [-0.3, -0.25) is 0 Å². The van der Waals surface area contributed by atoms with Crippen molar-refractivity contribution in [3.63, 3.8) is 0 Å². The molecule has 0 saturated heterocycles. The maximum atomic E-state index is 4.85. The highest BCUT2D eigenvalue weighted by Gasteiger charge is 2.12. The van der Waals surface area contributed by atoms with Gasteiger partial charge in [-0.1, -0.05) is 60.7 Å². The first-order valence-corrected chi connectivity index (χ1v) is 10.5. The lowest BCUT2D eigenvalue weighted by molar-refractivity contribution is 0.633. The van der Waals surface area contributed by atoms with E-state index in [1.54, 1.807) is 12.7 Å². The minimum absolute atomic E-state index is 0. The Morgan fingerprint density at radius 3 is 2.58 bits per heavy atom. The number of hydrogen-bond donors (Lipinski definition) is 2. The van der Waals surface area contributed by atoms with E-state index in [0.717, 1.165) is 31.9 Å². The first-order valence-electron chi connectivity index (χ1n) is 10.5. The van der Waals surface area contributed by atoms with Crippen molar-refractivity contribution in [2.45, 2.75) is 38.9 Å². The second-order valence-electron chi connectivity index (χ2n) is 7.43. The molecule has 0 amide bonds. The van der Waals surface area contributed by atoms with Crippen molar-refractivity contribution < 1.29 is 0 Å². The van der Waals surface area contributed by atoms with Crippen LogP contribution < -0.4 is 10.6 Å². The molecule has 1 aromatic heterocycles. The van der Waals surface area contributed by atoms with E-state index < -0.39 is 0 Å². The number of hydrogen-bond acceptors (Lipinski definition) is 3. The maximum absolute atomic E-state index is 4.85. The summed E-state index contributed by atoms with van der Waals surface area (Å²) in [6.07, 6.45) is 9.86. The van der Waals surface area contributed by atoms with Crippen molar-refractivity contribution in [2.75, 3.05) is 6.54 Å². The number of benzene rings is 2. The van der Waals surface area contributed by atoms with E-state index >= 15 is 0 Å². The average molecular weight is 528 g/mol. The van der Waals surface area contributed by atoms with E-state index in [1.807, 2.05) is 4.68 Å². The van der Waals surface area contributed by atoms with Crippen LogP contribution in [0.1, 0.15) is 30.9 Å². The van der Waals surface area contributed by atoms with E-state index in [1.165, 1.54) is 22.3 Å². The Kier molecular flexibility index (Phi) is 8.63. The highest BCUT2D eigenvalue weighted by atomic mass is 127. The summed E-state index contributed by atoms with van der Waals surface area (Å²) < 4.78 is 1.83. The molecule has 0 bridgehead atoms. The number of nitrogens with zero attached hydrogens (tertiary/aromatic N) is 4. The van der Waals surface area contributed by atoms with E-state index in [4.69, 9.17) is 4.99 Å². The molecular formula is C24H29IN6. The quantitative estimate of drug-likeness (QED) is 0.207. The van der Waals surface area contributed by atoms with Gasteiger partial charge >= 0.3 is 0 Å². The Labute approximate surface area is 200 Å². The van der Waals surface area contributed by atoms with Gasteiger partial charge in [-0.05, 0) is 42.0 Å². The molecule has 1 heterocycles. The van der Waals surface area contributed by atoms with Crippen LogP contribution >= 0.6 is 24.0 Å². The van der Waals surface area contributed by atoms with Gasteiger partial charge in [0.25, 0.3) is 0 Å². The van der Waals surface area contributed by atoms with Gasteiger partial charge in [-0.2, -0.15) is 5.10 Å². The molecule has 31 heavy (non-hydrogen) atoms. The highest BCUT2D eigenvalue weighted by Crippen LogP contribution is 2.25. The SMILES string of the molecule is CCNC(=NCc1ccccc1-c1ccc(Cn2cncn2)cc1)NC1CC=CC1.I. The van der Waals surface area contributed by atoms with Crippen molar-refractivity contribution >= 4 is 29.9 Å². The van der Waals surface area contributed by atoms with Crippen molar-refractivity contribution in [2.24, 2.45) is 4.99 Å². The molecule has 0 saturated carbocycles.